The van der Waals surface area contributed by atoms with E-state index in [4.69, 9.17) is 19.9 Å². The first kappa shape index (κ1) is 23.5. The second kappa shape index (κ2) is 10.2. The number of anilines is 2. The van der Waals surface area contributed by atoms with Crippen LogP contribution in [0.2, 0.25) is 0 Å². The van der Waals surface area contributed by atoms with Gasteiger partial charge >= 0.3 is 6.09 Å². The molecule has 1 amide bonds. The zero-order valence-corrected chi connectivity index (χ0v) is 20.6. The number of hydrogen-bond acceptors (Lipinski definition) is 5. The lowest BCUT2D eigenvalue weighted by molar-refractivity contribution is 0.130. The molecular formula is C28H35N3O4. The van der Waals surface area contributed by atoms with Crippen LogP contribution in [-0.2, 0) is 9.47 Å². The molecule has 0 radical (unpaired) electrons. The van der Waals surface area contributed by atoms with Crippen LogP contribution in [0.1, 0.15) is 52.0 Å². The summed E-state index contributed by atoms with van der Waals surface area (Å²) in [5.41, 5.74) is 11.4. The van der Waals surface area contributed by atoms with Crippen LogP contribution < -0.4 is 15.8 Å². The molecule has 1 aliphatic carbocycles. The Kier molecular flexibility index (Phi) is 6.86. The van der Waals surface area contributed by atoms with Crippen LogP contribution >= 0.6 is 0 Å². The molecule has 5 rings (SSSR count). The van der Waals surface area contributed by atoms with Gasteiger partial charge in [0.2, 0.25) is 0 Å². The third-order valence-corrected chi connectivity index (χ3v) is 7.02. The molecule has 0 bridgehead atoms. The topological polar surface area (TPSA) is 87.7 Å². The van der Waals surface area contributed by atoms with Gasteiger partial charge in [-0.05, 0) is 76.1 Å². The van der Waals surface area contributed by atoms with Crippen LogP contribution in [0.3, 0.4) is 0 Å². The van der Waals surface area contributed by atoms with Gasteiger partial charge in [-0.15, -0.1) is 0 Å². The van der Waals surface area contributed by atoms with Gasteiger partial charge in [0.05, 0.1) is 29.6 Å². The number of nitrogens with one attached hydrogen (secondary N) is 1. The fourth-order valence-electron chi connectivity index (χ4n) is 4.95. The summed E-state index contributed by atoms with van der Waals surface area (Å²) in [6.45, 7) is 6.06. The van der Waals surface area contributed by atoms with Gasteiger partial charge in [-0.3, -0.25) is 5.32 Å². The number of amides is 1. The zero-order chi connectivity index (χ0) is 24.4. The summed E-state index contributed by atoms with van der Waals surface area (Å²) in [5, 5.41) is 3.82. The Morgan fingerprint density at radius 3 is 2.63 bits per heavy atom. The number of carbonyl (C=O) groups excluding carboxylic acids is 1. The van der Waals surface area contributed by atoms with Crippen molar-refractivity contribution in [2.45, 2.75) is 58.1 Å². The van der Waals surface area contributed by atoms with Gasteiger partial charge in [0.25, 0.3) is 0 Å². The van der Waals surface area contributed by atoms with Crippen molar-refractivity contribution >= 4 is 28.4 Å². The first-order valence-corrected chi connectivity index (χ1v) is 12.7. The van der Waals surface area contributed by atoms with Crippen LogP contribution in [-0.4, -0.2) is 36.6 Å². The summed E-state index contributed by atoms with van der Waals surface area (Å²) in [5.74, 6) is 1.48. The van der Waals surface area contributed by atoms with Gasteiger partial charge in [-0.25, -0.2) is 4.79 Å². The van der Waals surface area contributed by atoms with E-state index < -0.39 is 6.09 Å². The highest BCUT2D eigenvalue weighted by Crippen LogP contribution is 2.45. The maximum Gasteiger partial charge on any atom is 0.411 e. The smallest absolute Gasteiger partial charge is 0.411 e. The Balaban J connectivity index is 1.41. The molecular weight excluding hydrogens is 442 g/mol. The van der Waals surface area contributed by atoms with Crippen LogP contribution in [0.4, 0.5) is 16.2 Å². The average molecular weight is 478 g/mol. The van der Waals surface area contributed by atoms with Gasteiger partial charge in [-0.2, -0.15) is 0 Å². The SMILES string of the molecule is CC(C)OC(=O)Nc1ccc(-c2c(N)c3ccc(OCCC4CCOC4)cc3n2C2CCC2)cc1. The number of nitrogens with zero attached hydrogens (tertiary/aromatic N) is 1. The van der Waals surface area contributed by atoms with Crippen molar-refractivity contribution in [3.8, 4) is 17.0 Å². The molecule has 7 nitrogen and oxygen atoms in total. The lowest BCUT2D eigenvalue weighted by Crippen LogP contribution is -2.18. The minimum Gasteiger partial charge on any atom is -0.494 e. The van der Waals surface area contributed by atoms with E-state index in [9.17, 15) is 4.79 Å². The molecule has 1 aliphatic heterocycles. The van der Waals surface area contributed by atoms with E-state index in [0.717, 1.165) is 72.5 Å². The molecule has 186 valence electrons. The Morgan fingerprint density at radius 1 is 1.17 bits per heavy atom. The van der Waals surface area contributed by atoms with Crippen LogP contribution in [0, 0.1) is 5.92 Å². The minimum atomic E-state index is -0.455. The number of fused-ring (bicyclic) bond motifs is 1. The molecule has 3 N–H and O–H groups in total. The lowest BCUT2D eigenvalue weighted by atomic mass is 9.92. The monoisotopic (exact) mass is 477 g/mol. The van der Waals surface area contributed by atoms with Crippen molar-refractivity contribution in [2.75, 3.05) is 30.9 Å². The Bertz CT molecular complexity index is 1180. The normalized spacial score (nSPS) is 18.1. The second-order valence-corrected chi connectivity index (χ2v) is 9.92. The summed E-state index contributed by atoms with van der Waals surface area (Å²) >= 11 is 0. The van der Waals surface area contributed by atoms with E-state index >= 15 is 0 Å². The quantitative estimate of drug-likeness (QED) is 0.393. The molecule has 1 saturated heterocycles. The predicted molar refractivity (Wildman–Crippen MR) is 139 cm³/mol. The summed E-state index contributed by atoms with van der Waals surface area (Å²) in [6.07, 6.45) is 5.03. The highest BCUT2D eigenvalue weighted by atomic mass is 16.6. The molecule has 2 aliphatic rings. The second-order valence-electron chi connectivity index (χ2n) is 9.92. The fraction of sp³-hybridized carbons (Fsp3) is 0.464. The molecule has 1 unspecified atom stereocenters. The molecule has 3 aromatic rings. The average Bonchev–Trinajstić information content (AvgIpc) is 3.40. The number of benzene rings is 2. The van der Waals surface area contributed by atoms with Crippen molar-refractivity contribution in [1.29, 1.82) is 0 Å². The molecule has 1 aromatic heterocycles. The molecule has 0 spiro atoms. The lowest BCUT2D eigenvalue weighted by Gasteiger charge is -2.30. The fourth-order valence-corrected chi connectivity index (χ4v) is 4.95. The highest BCUT2D eigenvalue weighted by molar-refractivity contribution is 6.01. The van der Waals surface area contributed by atoms with Crippen molar-refractivity contribution in [3.05, 3.63) is 42.5 Å². The van der Waals surface area contributed by atoms with E-state index in [-0.39, 0.29) is 6.10 Å². The standard InChI is InChI=1S/C28H35N3O4/c1-18(2)35-28(32)30-21-8-6-20(7-9-21)27-26(29)24-11-10-23(34-15-13-19-12-14-33-17-19)16-25(24)31(27)22-4-3-5-22/h6-11,16,18-19,22H,3-5,12-15,17,29H2,1-2H3,(H,30,32). The van der Waals surface area contributed by atoms with Crippen LogP contribution in [0.25, 0.3) is 22.2 Å². The van der Waals surface area contributed by atoms with Crippen LogP contribution in [0.15, 0.2) is 42.5 Å². The number of ether oxygens (including phenoxy) is 3. The first-order valence-electron chi connectivity index (χ1n) is 12.7. The summed E-state index contributed by atoms with van der Waals surface area (Å²) in [6, 6.07) is 14.4. The third kappa shape index (κ3) is 5.10. The number of carbonyl (C=O) groups is 1. The molecule has 2 aromatic carbocycles. The van der Waals surface area contributed by atoms with E-state index in [1.807, 2.05) is 44.2 Å². The summed E-state index contributed by atoms with van der Waals surface area (Å²) in [7, 11) is 0. The molecule has 7 heteroatoms. The largest absolute Gasteiger partial charge is 0.494 e. The maximum absolute atomic E-state index is 11.9. The molecule has 1 atom stereocenters. The number of nitrogen functional groups attached to an aromatic ring is 1. The van der Waals surface area contributed by atoms with Gasteiger partial charge in [0.1, 0.15) is 5.75 Å². The maximum atomic E-state index is 11.9. The minimum absolute atomic E-state index is 0.169. The van der Waals surface area contributed by atoms with Crippen LogP contribution in [0.5, 0.6) is 5.75 Å². The predicted octanol–water partition coefficient (Wildman–Crippen LogP) is 6.38. The Labute approximate surface area is 206 Å². The molecule has 35 heavy (non-hydrogen) atoms. The van der Waals surface area contributed by atoms with Gasteiger partial charge in [-0.1, -0.05) is 12.1 Å². The zero-order valence-electron chi connectivity index (χ0n) is 20.6. The molecule has 2 fully saturated rings. The summed E-state index contributed by atoms with van der Waals surface area (Å²) in [4.78, 5) is 11.9. The van der Waals surface area contributed by atoms with Gasteiger partial charge < -0.3 is 24.5 Å². The van der Waals surface area contributed by atoms with E-state index in [2.05, 4.69) is 22.0 Å². The van der Waals surface area contributed by atoms with Crippen molar-refractivity contribution in [3.63, 3.8) is 0 Å². The number of rotatable bonds is 8. The van der Waals surface area contributed by atoms with E-state index in [0.29, 0.717) is 24.3 Å². The third-order valence-electron chi connectivity index (χ3n) is 7.02. The molecule has 1 saturated carbocycles. The number of nitrogens with two attached hydrogens (primary N) is 1. The Hall–Kier alpha value is -3.19. The first-order chi connectivity index (χ1) is 17.0. The number of hydrogen-bond donors (Lipinski definition) is 2. The van der Waals surface area contributed by atoms with Gasteiger partial charge in [0.15, 0.2) is 0 Å². The van der Waals surface area contributed by atoms with Crippen molar-refractivity contribution < 1.29 is 19.0 Å². The van der Waals surface area contributed by atoms with E-state index in [1.165, 1.54) is 6.42 Å². The Morgan fingerprint density at radius 2 is 1.97 bits per heavy atom. The molecule has 2 heterocycles. The number of aromatic nitrogens is 1. The van der Waals surface area contributed by atoms with E-state index in [1.54, 1.807) is 0 Å². The highest BCUT2D eigenvalue weighted by Gasteiger charge is 2.27. The summed E-state index contributed by atoms with van der Waals surface area (Å²) < 4.78 is 19.2. The van der Waals surface area contributed by atoms with Crippen molar-refractivity contribution in [1.82, 2.24) is 4.57 Å². The van der Waals surface area contributed by atoms with Gasteiger partial charge in [0, 0.05) is 42.0 Å². The van der Waals surface area contributed by atoms with Crippen molar-refractivity contribution in [2.24, 2.45) is 5.92 Å².